The van der Waals surface area contributed by atoms with E-state index in [9.17, 15) is 14.3 Å². The van der Waals surface area contributed by atoms with Crippen LogP contribution in [0.2, 0.25) is 5.02 Å². The fourth-order valence-corrected chi connectivity index (χ4v) is 3.24. The highest BCUT2D eigenvalue weighted by molar-refractivity contribution is 6.30. The maximum absolute atomic E-state index is 13.4. The summed E-state index contributed by atoms with van der Waals surface area (Å²) in [6.07, 6.45) is -0.0194. The fourth-order valence-electron chi connectivity index (χ4n) is 3.12. The topological polar surface area (TPSA) is 85.4 Å². The Morgan fingerprint density at radius 2 is 2.30 bits per heavy atom. The number of hydrogen-bond donors (Lipinski definition) is 5. The zero-order chi connectivity index (χ0) is 16.4. The molecule has 2 heterocycles. The molecule has 1 aromatic rings. The molecule has 4 unspecified atom stereocenters. The number of rotatable bonds is 4. The normalized spacial score (nSPS) is 28.2. The predicted molar refractivity (Wildman–Crippen MR) is 84.2 cm³/mol. The van der Waals surface area contributed by atoms with Crippen LogP contribution in [-0.4, -0.2) is 42.7 Å². The molecule has 126 valence electrons. The zero-order valence-corrected chi connectivity index (χ0v) is 13.2. The molecule has 2 saturated heterocycles. The second-order valence-electron chi connectivity index (χ2n) is 5.96. The lowest BCUT2D eigenvalue weighted by Crippen LogP contribution is -2.49. The van der Waals surface area contributed by atoms with Gasteiger partial charge in [-0.05, 0) is 30.7 Å². The predicted octanol–water partition coefficient (Wildman–Crippen LogP) is 0.0832. The summed E-state index contributed by atoms with van der Waals surface area (Å²) in [6, 6.07) is 4.04. The lowest BCUT2D eigenvalue weighted by atomic mass is 9.89. The first-order chi connectivity index (χ1) is 11.1. The molecule has 1 aromatic carbocycles. The van der Waals surface area contributed by atoms with Gasteiger partial charge < -0.3 is 15.7 Å². The van der Waals surface area contributed by atoms with Gasteiger partial charge in [-0.1, -0.05) is 17.7 Å². The van der Waals surface area contributed by atoms with E-state index < -0.39 is 11.9 Å². The lowest BCUT2D eigenvalue weighted by molar-refractivity contribution is -0.124. The molecule has 2 fully saturated rings. The van der Waals surface area contributed by atoms with Crippen molar-refractivity contribution in [3.05, 3.63) is 34.6 Å². The molecular weight excluding hydrogens is 323 g/mol. The van der Waals surface area contributed by atoms with E-state index in [2.05, 4.69) is 21.5 Å². The first kappa shape index (κ1) is 16.6. The summed E-state index contributed by atoms with van der Waals surface area (Å²) in [7, 11) is 0. The van der Waals surface area contributed by atoms with E-state index >= 15 is 0 Å². The molecule has 5 N–H and O–H groups in total. The van der Waals surface area contributed by atoms with Crippen LogP contribution in [0.25, 0.3) is 0 Å². The third kappa shape index (κ3) is 3.64. The Bertz CT molecular complexity index is 589. The van der Waals surface area contributed by atoms with Crippen molar-refractivity contribution < 1.29 is 14.3 Å². The smallest absolute Gasteiger partial charge is 0.238 e. The number of nitrogens with one attached hydrogen (secondary N) is 4. The maximum atomic E-state index is 13.4. The first-order valence-electron chi connectivity index (χ1n) is 7.69. The summed E-state index contributed by atoms with van der Waals surface area (Å²) in [5, 5.41) is 16.1. The number of hydrazine groups is 1. The van der Waals surface area contributed by atoms with E-state index in [0.29, 0.717) is 5.56 Å². The van der Waals surface area contributed by atoms with Gasteiger partial charge in [0.25, 0.3) is 0 Å². The van der Waals surface area contributed by atoms with Gasteiger partial charge in [0.2, 0.25) is 5.91 Å². The number of aliphatic hydroxyl groups excluding tert-OH is 1. The van der Waals surface area contributed by atoms with Gasteiger partial charge in [-0.15, -0.1) is 0 Å². The molecule has 6 nitrogen and oxygen atoms in total. The number of hydrogen-bond acceptors (Lipinski definition) is 5. The molecular formula is C15H20ClFN4O2. The summed E-state index contributed by atoms with van der Waals surface area (Å²) in [5.41, 5.74) is 6.54. The third-order valence-corrected chi connectivity index (χ3v) is 4.77. The van der Waals surface area contributed by atoms with Crippen LogP contribution in [0, 0.1) is 11.7 Å². The van der Waals surface area contributed by atoms with Gasteiger partial charge in [0.05, 0.1) is 11.1 Å². The molecule has 0 saturated carbocycles. The SMILES string of the molecule is O=C(NCC(O)c1ccc(Cl)c(F)c1)C1NNC2CCNCC21. The number of carbonyl (C=O) groups is 1. The minimum Gasteiger partial charge on any atom is -0.387 e. The Morgan fingerprint density at radius 3 is 3.09 bits per heavy atom. The van der Waals surface area contributed by atoms with Crippen LogP contribution in [0.5, 0.6) is 0 Å². The molecule has 0 spiro atoms. The molecule has 0 aromatic heterocycles. The standard InChI is InChI=1S/C15H20ClFN4O2/c16-10-2-1-8(5-11(10)17)13(22)7-19-15(23)14-9-6-18-4-3-12(9)20-21-14/h1-2,5,9,12-14,18,20-22H,3-4,6-7H2,(H,19,23). The quantitative estimate of drug-likeness (QED) is 0.535. The van der Waals surface area contributed by atoms with Crippen LogP contribution in [0.1, 0.15) is 18.1 Å². The van der Waals surface area contributed by atoms with Gasteiger partial charge in [0, 0.05) is 25.0 Å². The van der Waals surface area contributed by atoms with Crippen LogP contribution in [0.3, 0.4) is 0 Å². The molecule has 2 aliphatic rings. The van der Waals surface area contributed by atoms with Crippen molar-refractivity contribution in [2.75, 3.05) is 19.6 Å². The average Bonchev–Trinajstić information content (AvgIpc) is 2.99. The number of piperidine rings is 1. The highest BCUT2D eigenvalue weighted by Crippen LogP contribution is 2.21. The summed E-state index contributed by atoms with van der Waals surface area (Å²) in [6.45, 7) is 1.72. The van der Waals surface area contributed by atoms with E-state index in [4.69, 9.17) is 11.6 Å². The Morgan fingerprint density at radius 1 is 1.48 bits per heavy atom. The highest BCUT2D eigenvalue weighted by atomic mass is 35.5. The van der Waals surface area contributed by atoms with Crippen molar-refractivity contribution in [1.82, 2.24) is 21.5 Å². The molecule has 23 heavy (non-hydrogen) atoms. The number of carbonyl (C=O) groups excluding carboxylic acids is 1. The summed E-state index contributed by atoms with van der Waals surface area (Å²) in [4.78, 5) is 12.3. The number of aliphatic hydroxyl groups is 1. The Kier molecular flexibility index (Phi) is 5.13. The van der Waals surface area contributed by atoms with Gasteiger partial charge in [0.15, 0.2) is 0 Å². The Hall–Kier alpha value is -1.25. The van der Waals surface area contributed by atoms with Crippen molar-refractivity contribution in [3.63, 3.8) is 0 Å². The fraction of sp³-hybridized carbons (Fsp3) is 0.533. The molecule has 3 rings (SSSR count). The number of benzene rings is 1. The van der Waals surface area contributed by atoms with E-state index in [1.165, 1.54) is 12.1 Å². The lowest BCUT2D eigenvalue weighted by Gasteiger charge is -2.27. The Balaban J connectivity index is 1.55. The van der Waals surface area contributed by atoms with Crippen molar-refractivity contribution in [1.29, 1.82) is 0 Å². The van der Waals surface area contributed by atoms with Crippen LogP contribution in [0.15, 0.2) is 18.2 Å². The molecule has 1 amide bonds. The largest absolute Gasteiger partial charge is 0.387 e. The van der Waals surface area contributed by atoms with E-state index in [1.807, 2.05) is 0 Å². The molecule has 0 bridgehead atoms. The number of fused-ring (bicyclic) bond motifs is 1. The summed E-state index contributed by atoms with van der Waals surface area (Å²) < 4.78 is 13.4. The van der Waals surface area contributed by atoms with Gasteiger partial charge in [-0.25, -0.2) is 9.82 Å². The average molecular weight is 343 g/mol. The van der Waals surface area contributed by atoms with Gasteiger partial charge in [0.1, 0.15) is 11.9 Å². The molecule has 2 aliphatic heterocycles. The van der Waals surface area contributed by atoms with Crippen molar-refractivity contribution in [2.24, 2.45) is 5.92 Å². The first-order valence-corrected chi connectivity index (χ1v) is 8.06. The highest BCUT2D eigenvalue weighted by Gasteiger charge is 2.41. The van der Waals surface area contributed by atoms with Crippen LogP contribution < -0.4 is 21.5 Å². The van der Waals surface area contributed by atoms with E-state index in [1.54, 1.807) is 6.07 Å². The molecule has 4 atom stereocenters. The van der Waals surface area contributed by atoms with Gasteiger partial charge in [-0.2, -0.15) is 0 Å². The zero-order valence-electron chi connectivity index (χ0n) is 12.5. The van der Waals surface area contributed by atoms with Crippen molar-refractivity contribution >= 4 is 17.5 Å². The minimum atomic E-state index is -0.986. The number of amides is 1. The van der Waals surface area contributed by atoms with Crippen LogP contribution in [-0.2, 0) is 4.79 Å². The van der Waals surface area contributed by atoms with Crippen LogP contribution >= 0.6 is 11.6 Å². The summed E-state index contributed by atoms with van der Waals surface area (Å²) in [5.74, 6) is -0.594. The van der Waals surface area contributed by atoms with Crippen molar-refractivity contribution in [3.8, 4) is 0 Å². The second-order valence-corrected chi connectivity index (χ2v) is 6.37. The van der Waals surface area contributed by atoms with E-state index in [-0.39, 0.29) is 35.5 Å². The summed E-state index contributed by atoms with van der Waals surface area (Å²) >= 11 is 5.62. The maximum Gasteiger partial charge on any atom is 0.238 e. The van der Waals surface area contributed by atoms with Gasteiger partial charge >= 0.3 is 0 Å². The molecule has 0 aliphatic carbocycles. The third-order valence-electron chi connectivity index (χ3n) is 4.46. The van der Waals surface area contributed by atoms with Gasteiger partial charge in [-0.3, -0.25) is 10.2 Å². The second kappa shape index (κ2) is 7.11. The monoisotopic (exact) mass is 342 g/mol. The molecule has 8 heteroatoms. The van der Waals surface area contributed by atoms with E-state index in [0.717, 1.165) is 19.5 Å². The number of halogens is 2. The molecule has 0 radical (unpaired) electrons. The van der Waals surface area contributed by atoms with Crippen LogP contribution in [0.4, 0.5) is 4.39 Å². The van der Waals surface area contributed by atoms with Crippen molar-refractivity contribution in [2.45, 2.75) is 24.6 Å². The Labute approximate surface area is 138 Å². The minimum absolute atomic E-state index is 0.00190.